The van der Waals surface area contributed by atoms with Crippen molar-refractivity contribution >= 4 is 11.8 Å². The van der Waals surface area contributed by atoms with Crippen molar-refractivity contribution < 1.29 is 40.7 Å². The maximum absolute atomic E-state index is 12.7. The lowest BCUT2D eigenvalue weighted by Gasteiger charge is -2.14. The molecule has 116 valence electrons. The van der Waals surface area contributed by atoms with Gasteiger partial charge in [0.15, 0.2) is 0 Å². The minimum absolute atomic E-state index is 0.0118. The molecule has 0 radical (unpaired) electrons. The summed E-state index contributed by atoms with van der Waals surface area (Å²) in [7, 11) is 0. The molecule has 0 unspecified atom stereocenters. The average Bonchev–Trinajstić information content (AvgIpc) is 2.35. The van der Waals surface area contributed by atoms with E-state index in [1.807, 2.05) is 0 Å². The minimum atomic E-state index is -5.08. The number of esters is 1. The first kappa shape index (κ1) is 17.0. The summed E-state index contributed by atoms with van der Waals surface area (Å²) in [5.41, 5.74) is -4.49. The van der Waals surface area contributed by atoms with Gasteiger partial charge in [0.05, 0.1) is 17.7 Å². The number of carbonyl (C=O) groups excluding carboxylic acids is 2. The molecule has 0 saturated heterocycles. The third-order valence-corrected chi connectivity index (χ3v) is 2.36. The van der Waals surface area contributed by atoms with E-state index in [1.54, 1.807) is 0 Å². The number of hydrogen-bond acceptors (Lipinski definition) is 3. The van der Waals surface area contributed by atoms with Crippen LogP contribution in [0, 0.1) is 0 Å². The number of ether oxygens (including phenoxy) is 1. The monoisotopic (exact) mass is 314 g/mol. The number of halogens is 6. The predicted molar refractivity (Wildman–Crippen MR) is 57.4 cm³/mol. The molecule has 0 heterocycles. The Kier molecular flexibility index (Phi) is 4.65. The average molecular weight is 314 g/mol. The van der Waals surface area contributed by atoms with Crippen LogP contribution in [-0.4, -0.2) is 18.4 Å². The van der Waals surface area contributed by atoms with Gasteiger partial charge in [-0.15, -0.1) is 0 Å². The number of rotatable bonds is 3. The Morgan fingerprint density at radius 2 is 1.62 bits per heavy atom. The second-order valence-electron chi connectivity index (χ2n) is 3.81. The van der Waals surface area contributed by atoms with Crippen molar-refractivity contribution in [1.82, 2.24) is 0 Å². The van der Waals surface area contributed by atoms with Gasteiger partial charge in [-0.2, -0.15) is 26.3 Å². The SMILES string of the molecule is CCOC(=O)C(=O)c1cc(C(F)(F)F)ccc1C(F)(F)F. The van der Waals surface area contributed by atoms with Crippen molar-refractivity contribution in [2.75, 3.05) is 6.61 Å². The van der Waals surface area contributed by atoms with Crippen molar-refractivity contribution in [2.45, 2.75) is 19.3 Å². The molecule has 1 aromatic rings. The molecule has 9 heteroatoms. The van der Waals surface area contributed by atoms with Gasteiger partial charge in [-0.1, -0.05) is 0 Å². The molecular formula is C12H8F6O3. The number of ketones is 1. The van der Waals surface area contributed by atoms with Gasteiger partial charge in [0.25, 0.3) is 5.78 Å². The van der Waals surface area contributed by atoms with Crippen molar-refractivity contribution in [1.29, 1.82) is 0 Å². The Morgan fingerprint density at radius 1 is 1.05 bits per heavy atom. The van der Waals surface area contributed by atoms with E-state index in [4.69, 9.17) is 0 Å². The molecule has 3 nitrogen and oxygen atoms in total. The molecule has 0 spiro atoms. The molecule has 1 rings (SSSR count). The van der Waals surface area contributed by atoms with E-state index >= 15 is 0 Å². The third-order valence-electron chi connectivity index (χ3n) is 2.36. The molecule has 0 N–H and O–H groups in total. The molecule has 0 saturated carbocycles. The molecule has 21 heavy (non-hydrogen) atoms. The van der Waals surface area contributed by atoms with Gasteiger partial charge in [-0.05, 0) is 25.1 Å². The lowest BCUT2D eigenvalue weighted by molar-refractivity contribution is -0.142. The zero-order valence-corrected chi connectivity index (χ0v) is 10.4. The molecule has 0 aliphatic heterocycles. The fraction of sp³-hybridized carbons (Fsp3) is 0.333. The summed E-state index contributed by atoms with van der Waals surface area (Å²) in [6, 6.07) is 0.280. The molecule has 0 amide bonds. The molecule has 0 bridgehead atoms. The third kappa shape index (κ3) is 3.96. The lowest BCUT2D eigenvalue weighted by atomic mass is 9.99. The number of alkyl halides is 6. The second kappa shape index (κ2) is 5.74. The predicted octanol–water partition coefficient (Wildman–Crippen LogP) is 3.47. The van der Waals surface area contributed by atoms with Crippen molar-refractivity contribution in [2.24, 2.45) is 0 Å². The van der Waals surface area contributed by atoms with Gasteiger partial charge in [-0.3, -0.25) is 4.79 Å². The molecular weight excluding hydrogens is 306 g/mol. The van der Waals surface area contributed by atoms with Crippen LogP contribution < -0.4 is 0 Å². The summed E-state index contributed by atoms with van der Waals surface area (Å²) in [5, 5.41) is 0. The summed E-state index contributed by atoms with van der Waals surface area (Å²) in [5.74, 6) is -3.43. The zero-order valence-electron chi connectivity index (χ0n) is 10.4. The summed E-state index contributed by atoms with van der Waals surface area (Å²) < 4.78 is 79.8. The Hall–Kier alpha value is -2.06. The van der Waals surface area contributed by atoms with Crippen molar-refractivity contribution in [3.05, 3.63) is 34.9 Å². The van der Waals surface area contributed by atoms with Crippen LogP contribution in [0.15, 0.2) is 18.2 Å². The first-order valence-electron chi connectivity index (χ1n) is 5.48. The molecule has 1 aromatic carbocycles. The number of hydrogen-bond donors (Lipinski definition) is 0. The molecule has 0 aliphatic rings. The van der Waals surface area contributed by atoms with Crippen LogP contribution in [-0.2, 0) is 21.9 Å². The zero-order chi connectivity index (χ0) is 16.4. The quantitative estimate of drug-likeness (QED) is 0.371. The number of carbonyl (C=O) groups is 2. The van der Waals surface area contributed by atoms with Crippen LogP contribution in [0.3, 0.4) is 0 Å². The van der Waals surface area contributed by atoms with E-state index in [9.17, 15) is 35.9 Å². The Bertz CT molecular complexity index is 559. The van der Waals surface area contributed by atoms with Gasteiger partial charge in [0.2, 0.25) is 0 Å². The van der Waals surface area contributed by atoms with E-state index in [0.29, 0.717) is 0 Å². The first-order valence-corrected chi connectivity index (χ1v) is 5.48. The highest BCUT2D eigenvalue weighted by Gasteiger charge is 2.39. The second-order valence-corrected chi connectivity index (χ2v) is 3.81. The normalized spacial score (nSPS) is 12.1. The summed E-state index contributed by atoms with van der Waals surface area (Å²) in [6.45, 7) is 0.993. The van der Waals surface area contributed by atoms with Crippen LogP contribution in [0.5, 0.6) is 0 Å². The topological polar surface area (TPSA) is 43.4 Å². The van der Waals surface area contributed by atoms with Crippen molar-refractivity contribution in [3.8, 4) is 0 Å². The van der Waals surface area contributed by atoms with E-state index < -0.39 is 40.8 Å². The largest absolute Gasteiger partial charge is 0.460 e. The molecule has 0 atom stereocenters. The Morgan fingerprint density at radius 3 is 2.05 bits per heavy atom. The van der Waals surface area contributed by atoms with E-state index in [2.05, 4.69) is 4.74 Å². The highest BCUT2D eigenvalue weighted by molar-refractivity contribution is 6.41. The van der Waals surface area contributed by atoms with Crippen LogP contribution >= 0.6 is 0 Å². The highest BCUT2D eigenvalue weighted by Crippen LogP contribution is 2.36. The van der Waals surface area contributed by atoms with Gasteiger partial charge in [-0.25, -0.2) is 4.79 Å². The van der Waals surface area contributed by atoms with Crippen LogP contribution in [0.4, 0.5) is 26.3 Å². The van der Waals surface area contributed by atoms with E-state index in [-0.39, 0.29) is 24.8 Å². The van der Waals surface area contributed by atoms with Crippen molar-refractivity contribution in [3.63, 3.8) is 0 Å². The lowest BCUT2D eigenvalue weighted by Crippen LogP contribution is -2.23. The molecule has 0 aromatic heterocycles. The number of Topliss-reactive ketones (excluding diaryl/α,β-unsaturated/α-hetero) is 1. The Labute approximate surface area is 114 Å². The van der Waals surface area contributed by atoms with Crippen LogP contribution in [0.25, 0.3) is 0 Å². The summed E-state index contributed by atoms with van der Waals surface area (Å²) in [4.78, 5) is 22.7. The first-order chi connectivity index (χ1) is 9.48. The standard InChI is InChI=1S/C12H8F6O3/c1-2-21-10(20)9(19)7-5-6(11(13,14)15)3-4-8(7)12(16,17)18/h3-5H,2H2,1H3. The van der Waals surface area contributed by atoms with Gasteiger partial charge in [0.1, 0.15) is 0 Å². The van der Waals surface area contributed by atoms with E-state index in [1.165, 1.54) is 6.92 Å². The van der Waals surface area contributed by atoms with Gasteiger partial charge < -0.3 is 4.74 Å². The maximum atomic E-state index is 12.7. The van der Waals surface area contributed by atoms with Gasteiger partial charge in [0, 0.05) is 5.56 Å². The van der Waals surface area contributed by atoms with Crippen LogP contribution in [0.2, 0.25) is 0 Å². The minimum Gasteiger partial charge on any atom is -0.460 e. The molecule has 0 aliphatic carbocycles. The fourth-order valence-electron chi connectivity index (χ4n) is 1.46. The fourth-order valence-corrected chi connectivity index (χ4v) is 1.46. The highest BCUT2D eigenvalue weighted by atomic mass is 19.4. The Balaban J connectivity index is 3.43. The van der Waals surface area contributed by atoms with Gasteiger partial charge >= 0.3 is 18.3 Å². The summed E-state index contributed by atoms with van der Waals surface area (Å²) >= 11 is 0. The molecule has 0 fully saturated rings. The summed E-state index contributed by atoms with van der Waals surface area (Å²) in [6.07, 6.45) is -10.0. The maximum Gasteiger partial charge on any atom is 0.417 e. The number of benzene rings is 1. The smallest absolute Gasteiger partial charge is 0.417 e. The van der Waals surface area contributed by atoms with E-state index in [0.717, 1.165) is 0 Å². The van der Waals surface area contributed by atoms with Crippen LogP contribution in [0.1, 0.15) is 28.4 Å².